The lowest BCUT2D eigenvalue weighted by Gasteiger charge is -2.13. The summed E-state index contributed by atoms with van der Waals surface area (Å²) < 4.78 is 41.1. The molecule has 0 spiro atoms. The van der Waals surface area contributed by atoms with Gasteiger partial charge in [0.1, 0.15) is 11.4 Å². The van der Waals surface area contributed by atoms with Crippen LogP contribution in [0, 0.1) is 0 Å². The lowest BCUT2D eigenvalue weighted by atomic mass is 10.1. The van der Waals surface area contributed by atoms with Crippen molar-refractivity contribution >= 4 is 5.91 Å². The van der Waals surface area contributed by atoms with Crippen molar-refractivity contribution in [3.63, 3.8) is 0 Å². The summed E-state index contributed by atoms with van der Waals surface area (Å²) in [5.41, 5.74) is 5.53. The molecule has 1 aromatic heterocycles. The average Bonchev–Trinajstić information content (AvgIpc) is 3.08. The highest BCUT2D eigenvalue weighted by Gasteiger charge is 2.32. The van der Waals surface area contributed by atoms with E-state index in [-0.39, 0.29) is 17.4 Å². The van der Waals surface area contributed by atoms with Gasteiger partial charge < -0.3 is 10.5 Å². The number of pyridine rings is 1. The minimum atomic E-state index is -4.42. The average molecular weight is 260 g/mol. The summed E-state index contributed by atoms with van der Waals surface area (Å²) in [5, 5.41) is 0. The molecule has 0 aromatic carbocycles. The third-order valence-corrected chi connectivity index (χ3v) is 2.56. The van der Waals surface area contributed by atoms with Gasteiger partial charge in [-0.15, -0.1) is 0 Å². The van der Waals surface area contributed by atoms with Gasteiger partial charge in [-0.2, -0.15) is 13.2 Å². The minimum absolute atomic E-state index is 0.0404. The fourth-order valence-electron chi connectivity index (χ4n) is 1.57. The van der Waals surface area contributed by atoms with Crippen molar-refractivity contribution in [2.45, 2.75) is 24.9 Å². The molecule has 1 aromatic rings. The summed E-state index contributed by atoms with van der Waals surface area (Å²) in [7, 11) is 0. The van der Waals surface area contributed by atoms with E-state index in [0.717, 1.165) is 12.8 Å². The third kappa shape index (κ3) is 3.12. The maximum Gasteiger partial charge on any atom is 0.422 e. The van der Waals surface area contributed by atoms with Gasteiger partial charge in [0.2, 0.25) is 0 Å². The van der Waals surface area contributed by atoms with Crippen molar-refractivity contribution < 1.29 is 22.7 Å². The van der Waals surface area contributed by atoms with E-state index < -0.39 is 18.7 Å². The quantitative estimate of drug-likeness (QED) is 0.900. The van der Waals surface area contributed by atoms with Crippen LogP contribution < -0.4 is 10.5 Å². The smallest absolute Gasteiger partial charge is 0.422 e. The molecule has 1 amide bonds. The normalized spacial score (nSPS) is 15.5. The van der Waals surface area contributed by atoms with Crippen LogP contribution in [0.25, 0.3) is 0 Å². The molecule has 1 aliphatic carbocycles. The molecule has 7 heteroatoms. The van der Waals surface area contributed by atoms with E-state index in [1.165, 1.54) is 12.3 Å². The number of aromatic nitrogens is 1. The maximum absolute atomic E-state index is 12.1. The molecular weight excluding hydrogens is 249 g/mol. The second kappa shape index (κ2) is 4.47. The number of rotatable bonds is 4. The Balaban J connectivity index is 2.23. The van der Waals surface area contributed by atoms with Crippen LogP contribution in [0.4, 0.5) is 13.2 Å². The van der Waals surface area contributed by atoms with E-state index in [1.807, 2.05) is 0 Å². The first-order valence-corrected chi connectivity index (χ1v) is 5.36. The number of carbonyl (C=O) groups is 1. The van der Waals surface area contributed by atoms with Gasteiger partial charge >= 0.3 is 6.18 Å². The molecule has 0 bridgehead atoms. The minimum Gasteiger partial charge on any atom is -0.484 e. The molecule has 0 radical (unpaired) electrons. The SMILES string of the molecule is NC(=O)c1cc(OCC(F)(F)F)c(C2CC2)cn1. The van der Waals surface area contributed by atoms with Crippen molar-refractivity contribution in [2.75, 3.05) is 6.61 Å². The maximum atomic E-state index is 12.1. The lowest BCUT2D eigenvalue weighted by molar-refractivity contribution is -0.153. The largest absolute Gasteiger partial charge is 0.484 e. The summed E-state index contributed by atoms with van der Waals surface area (Å²) in [6.07, 6.45) is -1.28. The van der Waals surface area contributed by atoms with Gasteiger partial charge in [-0.05, 0) is 18.8 Å². The van der Waals surface area contributed by atoms with Gasteiger partial charge in [0.15, 0.2) is 6.61 Å². The summed E-state index contributed by atoms with van der Waals surface area (Å²) >= 11 is 0. The Morgan fingerprint density at radius 2 is 2.17 bits per heavy atom. The predicted octanol–water partition coefficient (Wildman–Crippen LogP) is 2.00. The van der Waals surface area contributed by atoms with Crippen LogP contribution in [-0.4, -0.2) is 23.7 Å². The highest BCUT2D eigenvalue weighted by molar-refractivity contribution is 5.91. The number of carbonyl (C=O) groups excluding carboxylic acids is 1. The van der Waals surface area contributed by atoms with Crippen molar-refractivity contribution in [1.82, 2.24) is 4.98 Å². The first-order chi connectivity index (χ1) is 8.37. The van der Waals surface area contributed by atoms with E-state index in [2.05, 4.69) is 4.98 Å². The number of halogens is 3. The zero-order valence-electron chi connectivity index (χ0n) is 9.33. The highest BCUT2D eigenvalue weighted by Crippen LogP contribution is 2.44. The van der Waals surface area contributed by atoms with Crippen molar-refractivity contribution in [2.24, 2.45) is 5.73 Å². The highest BCUT2D eigenvalue weighted by atomic mass is 19.4. The Morgan fingerprint density at radius 1 is 1.50 bits per heavy atom. The fraction of sp³-hybridized carbons (Fsp3) is 0.455. The molecule has 2 N–H and O–H groups in total. The molecule has 0 atom stereocenters. The number of nitrogens with two attached hydrogens (primary N) is 1. The molecule has 0 saturated heterocycles. The van der Waals surface area contributed by atoms with Gasteiger partial charge in [0, 0.05) is 17.8 Å². The predicted molar refractivity (Wildman–Crippen MR) is 56.3 cm³/mol. The Morgan fingerprint density at radius 3 is 2.67 bits per heavy atom. The van der Waals surface area contributed by atoms with Gasteiger partial charge in [-0.25, -0.2) is 0 Å². The standard InChI is InChI=1S/C11H11F3N2O2/c12-11(13,14)5-18-9-3-8(10(15)17)16-4-7(9)6-1-2-6/h3-4,6H,1-2,5H2,(H2,15,17). The number of ether oxygens (including phenoxy) is 1. The summed E-state index contributed by atoms with van der Waals surface area (Å²) in [6.45, 7) is -1.39. The topological polar surface area (TPSA) is 65.2 Å². The van der Waals surface area contributed by atoms with Crippen LogP contribution in [-0.2, 0) is 0 Å². The van der Waals surface area contributed by atoms with E-state index >= 15 is 0 Å². The first kappa shape index (κ1) is 12.7. The summed E-state index contributed by atoms with van der Waals surface area (Å²) in [6, 6.07) is 1.17. The molecule has 0 unspecified atom stereocenters. The number of hydrogen-bond acceptors (Lipinski definition) is 3. The Hall–Kier alpha value is -1.79. The van der Waals surface area contributed by atoms with Crippen LogP contribution in [0.1, 0.15) is 34.8 Å². The molecule has 4 nitrogen and oxygen atoms in total. The number of amides is 1. The van der Waals surface area contributed by atoms with Gasteiger partial charge in [0.05, 0.1) is 0 Å². The lowest BCUT2D eigenvalue weighted by Crippen LogP contribution is -2.20. The van der Waals surface area contributed by atoms with Crippen LogP contribution in [0.2, 0.25) is 0 Å². The van der Waals surface area contributed by atoms with E-state index in [9.17, 15) is 18.0 Å². The van der Waals surface area contributed by atoms with Crippen LogP contribution >= 0.6 is 0 Å². The summed E-state index contributed by atoms with van der Waals surface area (Å²) in [4.78, 5) is 14.7. The van der Waals surface area contributed by atoms with Crippen molar-refractivity contribution in [1.29, 1.82) is 0 Å². The first-order valence-electron chi connectivity index (χ1n) is 5.36. The van der Waals surface area contributed by atoms with Gasteiger partial charge in [-0.3, -0.25) is 9.78 Å². The Bertz CT molecular complexity index is 470. The second-order valence-corrected chi connectivity index (χ2v) is 4.15. The van der Waals surface area contributed by atoms with Crippen LogP contribution in [0.3, 0.4) is 0 Å². The molecule has 2 rings (SSSR count). The molecule has 1 fully saturated rings. The molecular formula is C11H11F3N2O2. The second-order valence-electron chi connectivity index (χ2n) is 4.15. The zero-order chi connectivity index (χ0) is 13.3. The number of alkyl halides is 3. The third-order valence-electron chi connectivity index (χ3n) is 2.56. The monoisotopic (exact) mass is 260 g/mol. The zero-order valence-corrected chi connectivity index (χ0v) is 9.33. The molecule has 98 valence electrons. The van der Waals surface area contributed by atoms with E-state index in [0.29, 0.717) is 5.56 Å². The van der Waals surface area contributed by atoms with Gasteiger partial charge in [0.25, 0.3) is 5.91 Å². The van der Waals surface area contributed by atoms with Crippen LogP contribution in [0.5, 0.6) is 5.75 Å². The molecule has 18 heavy (non-hydrogen) atoms. The number of nitrogens with zero attached hydrogens (tertiary/aromatic N) is 1. The van der Waals surface area contributed by atoms with E-state index in [4.69, 9.17) is 10.5 Å². The number of hydrogen-bond donors (Lipinski definition) is 1. The van der Waals surface area contributed by atoms with Gasteiger partial charge in [-0.1, -0.05) is 0 Å². The number of primary amides is 1. The van der Waals surface area contributed by atoms with Crippen molar-refractivity contribution in [3.05, 3.63) is 23.5 Å². The molecule has 1 aliphatic rings. The Labute approximate surface area is 101 Å². The molecule has 1 heterocycles. The molecule has 1 saturated carbocycles. The van der Waals surface area contributed by atoms with Crippen molar-refractivity contribution in [3.8, 4) is 5.75 Å². The molecule has 0 aliphatic heterocycles. The Kier molecular flexibility index (Phi) is 3.14. The van der Waals surface area contributed by atoms with Crippen LogP contribution in [0.15, 0.2) is 12.3 Å². The van der Waals surface area contributed by atoms with E-state index in [1.54, 1.807) is 0 Å². The summed E-state index contributed by atoms with van der Waals surface area (Å²) in [5.74, 6) is -0.588. The fourth-order valence-corrected chi connectivity index (χ4v) is 1.57.